The summed E-state index contributed by atoms with van der Waals surface area (Å²) in [5.41, 5.74) is 2.57. The molecule has 2 aromatic heterocycles. The molecule has 0 spiro atoms. The molecule has 1 saturated heterocycles. The Hall–Kier alpha value is -7.53. The number of nitrogens with one attached hydrogen (secondary N) is 3. The molecular weight excluding hydrogens is 910 g/mol. The average Bonchev–Trinajstić information content (AvgIpc) is 3.60. The highest BCUT2D eigenvalue weighted by Crippen LogP contribution is 2.36. The number of carbonyl (C=O) groups excluding carboxylic acids is 5. The minimum Gasteiger partial charge on any atom is -0.493 e. The first-order valence-corrected chi connectivity index (χ1v) is 24.3. The summed E-state index contributed by atoms with van der Waals surface area (Å²) in [5, 5.41) is 20.5. The summed E-state index contributed by atoms with van der Waals surface area (Å²) < 4.78 is 29.5. The van der Waals surface area contributed by atoms with Crippen molar-refractivity contribution >= 4 is 62.7 Å². The quantitative estimate of drug-likeness (QED) is 0.0321. The number of unbranched alkanes of at least 4 members (excludes halogenated alkanes) is 6. The molecular formula is C54H58FN7O9. The molecule has 8 rings (SSSR count). The van der Waals surface area contributed by atoms with Gasteiger partial charge in [-0.15, -0.1) is 0 Å². The molecule has 16 nitrogen and oxygen atoms in total. The molecule has 2 aliphatic rings. The van der Waals surface area contributed by atoms with E-state index < -0.39 is 47.1 Å². The highest BCUT2D eigenvalue weighted by molar-refractivity contribution is 6.25. The molecule has 6 aromatic rings. The Morgan fingerprint density at radius 2 is 1.65 bits per heavy atom. The molecule has 17 heteroatoms. The zero-order valence-corrected chi connectivity index (χ0v) is 40.6. The number of carbonyl (C=O) groups is 5. The van der Waals surface area contributed by atoms with Gasteiger partial charge in [0.1, 0.15) is 29.4 Å². The number of benzene rings is 4. The number of hydrogen-bond donors (Lipinski definition) is 4. The third-order valence-electron chi connectivity index (χ3n) is 13.6. The zero-order chi connectivity index (χ0) is 50.6. The summed E-state index contributed by atoms with van der Waals surface area (Å²) in [6, 6.07) is 17.0. The second kappa shape index (κ2) is 21.2. The van der Waals surface area contributed by atoms with Crippen LogP contribution >= 0.6 is 0 Å². The van der Waals surface area contributed by atoms with Gasteiger partial charge in [-0.2, -0.15) is 0 Å². The average molecular weight is 968 g/mol. The fraction of sp³-hybridized carbons (Fsp3) is 0.370. The summed E-state index contributed by atoms with van der Waals surface area (Å²) in [4.78, 5) is 87.6. The van der Waals surface area contributed by atoms with Crippen LogP contribution in [0.25, 0.3) is 21.8 Å². The van der Waals surface area contributed by atoms with Crippen LogP contribution in [0.4, 0.5) is 15.8 Å². The number of aromatic nitrogens is 3. The molecule has 4 aromatic carbocycles. The maximum absolute atomic E-state index is 15.5. The standard InChI is InChI=1S/C54H58FN7O9/c1-6-33-18-20-41-37(27-33)48(64)46(32(4)61(41)5)50(66)58-34-19-22-43(38(55)28-34)71-51-36-26-31(3)44(29-40(36)56-30-57-51)70-25-14-12-10-8-9-11-13-24-54(69,7-2)60-39-17-15-16-35-47(39)53(68)62(52(35)67)42-21-23-45(63)59-49(42)65/h15-20,22,26-30,42,60,69H,6-14,21,23-25H2,1-5H3,(H,58,66)(H,59,63,65). The van der Waals surface area contributed by atoms with Gasteiger partial charge in [-0.3, -0.25) is 39.0 Å². The van der Waals surface area contributed by atoms with E-state index in [0.717, 1.165) is 79.0 Å². The Balaban J connectivity index is 0.780. The van der Waals surface area contributed by atoms with E-state index in [1.807, 2.05) is 39.0 Å². The molecule has 0 saturated carbocycles. The van der Waals surface area contributed by atoms with Crippen LogP contribution < -0.4 is 30.9 Å². The van der Waals surface area contributed by atoms with Crippen LogP contribution in [0.2, 0.25) is 0 Å². The summed E-state index contributed by atoms with van der Waals surface area (Å²) in [6.07, 6.45) is 9.36. The van der Waals surface area contributed by atoms with Gasteiger partial charge in [0.25, 0.3) is 17.7 Å². The number of hydrogen-bond acceptors (Lipinski definition) is 12. The predicted molar refractivity (Wildman–Crippen MR) is 266 cm³/mol. The van der Waals surface area contributed by atoms with Crippen molar-refractivity contribution in [2.24, 2.45) is 7.05 Å². The number of ether oxygens (including phenoxy) is 2. The Labute approximate surface area is 410 Å². The molecule has 1 fully saturated rings. The summed E-state index contributed by atoms with van der Waals surface area (Å²) in [5.74, 6) is -3.04. The lowest BCUT2D eigenvalue weighted by molar-refractivity contribution is -0.136. The lowest BCUT2D eigenvalue weighted by Gasteiger charge is -2.30. The van der Waals surface area contributed by atoms with Crippen molar-refractivity contribution in [3.8, 4) is 17.4 Å². The van der Waals surface area contributed by atoms with E-state index in [1.54, 1.807) is 42.8 Å². The molecule has 0 radical (unpaired) electrons. The largest absolute Gasteiger partial charge is 0.493 e. The fourth-order valence-corrected chi connectivity index (χ4v) is 9.34. The van der Waals surface area contributed by atoms with E-state index in [0.29, 0.717) is 52.9 Å². The number of pyridine rings is 1. The third kappa shape index (κ3) is 10.5. The van der Waals surface area contributed by atoms with Crippen LogP contribution in [0.5, 0.6) is 17.4 Å². The van der Waals surface area contributed by atoms with Crippen LogP contribution in [-0.4, -0.2) is 72.5 Å². The molecule has 5 amide bonds. The van der Waals surface area contributed by atoms with Gasteiger partial charge < -0.3 is 29.8 Å². The number of fused-ring (bicyclic) bond motifs is 3. The maximum Gasteiger partial charge on any atom is 0.264 e. The molecule has 0 aliphatic carbocycles. The van der Waals surface area contributed by atoms with E-state index >= 15 is 4.39 Å². The van der Waals surface area contributed by atoms with E-state index in [2.05, 4.69) is 25.9 Å². The SMILES string of the molecule is CCc1ccc2c(c1)c(=O)c(C(=O)Nc1ccc(Oc3ncnc4cc(OCCCCCCCCCC(O)(CC)Nc5cccc6c5C(=O)N(C5CCC(=O)NC5=O)C6=O)c(C)cc34)c(F)c1)c(C)n2C. The van der Waals surface area contributed by atoms with Crippen LogP contribution in [0, 0.1) is 19.7 Å². The Kier molecular flexibility index (Phi) is 14.9. The normalized spacial score (nSPS) is 15.5. The number of halogens is 1. The second-order valence-corrected chi connectivity index (χ2v) is 18.3. The van der Waals surface area contributed by atoms with E-state index in [4.69, 9.17) is 9.47 Å². The number of aryl methyl sites for hydroxylation is 3. The summed E-state index contributed by atoms with van der Waals surface area (Å²) in [6.45, 7) is 7.94. The summed E-state index contributed by atoms with van der Waals surface area (Å²) in [7, 11) is 1.80. The smallest absolute Gasteiger partial charge is 0.264 e. The zero-order valence-electron chi connectivity index (χ0n) is 40.6. The molecule has 2 unspecified atom stereocenters. The number of amides is 5. The fourth-order valence-electron chi connectivity index (χ4n) is 9.34. The highest BCUT2D eigenvalue weighted by atomic mass is 19.1. The molecule has 4 N–H and O–H groups in total. The molecule has 2 aliphatic heterocycles. The van der Waals surface area contributed by atoms with Gasteiger partial charge in [-0.1, -0.05) is 58.1 Å². The predicted octanol–water partition coefficient (Wildman–Crippen LogP) is 8.96. The van der Waals surface area contributed by atoms with Crippen molar-refractivity contribution in [1.82, 2.24) is 24.8 Å². The molecule has 71 heavy (non-hydrogen) atoms. The van der Waals surface area contributed by atoms with Crippen molar-refractivity contribution in [2.45, 2.75) is 117 Å². The lowest BCUT2D eigenvalue weighted by Crippen LogP contribution is -2.54. The van der Waals surface area contributed by atoms with Gasteiger partial charge in [0.2, 0.25) is 23.1 Å². The first-order chi connectivity index (χ1) is 34.1. The van der Waals surface area contributed by atoms with Gasteiger partial charge in [0, 0.05) is 48.1 Å². The Morgan fingerprint density at radius 1 is 0.887 bits per heavy atom. The molecule has 0 bridgehead atoms. The van der Waals surface area contributed by atoms with Gasteiger partial charge in [0.15, 0.2) is 11.6 Å². The number of piperidine rings is 1. The Morgan fingerprint density at radius 3 is 2.38 bits per heavy atom. The number of aliphatic hydroxyl groups is 1. The monoisotopic (exact) mass is 967 g/mol. The number of imide groups is 2. The maximum atomic E-state index is 15.5. The Bertz CT molecular complexity index is 3160. The van der Waals surface area contributed by atoms with E-state index in [9.17, 15) is 33.9 Å². The topological polar surface area (TPSA) is 211 Å². The van der Waals surface area contributed by atoms with Crippen molar-refractivity contribution in [1.29, 1.82) is 0 Å². The van der Waals surface area contributed by atoms with Crippen LogP contribution in [0.15, 0.2) is 77.9 Å². The van der Waals surface area contributed by atoms with Crippen LogP contribution in [0.1, 0.15) is 132 Å². The van der Waals surface area contributed by atoms with Crippen molar-refractivity contribution < 1.29 is 42.9 Å². The van der Waals surface area contributed by atoms with Gasteiger partial charge in [-0.05, 0) is 106 Å². The van der Waals surface area contributed by atoms with Gasteiger partial charge in [-0.25, -0.2) is 14.4 Å². The highest BCUT2D eigenvalue weighted by Gasteiger charge is 2.46. The van der Waals surface area contributed by atoms with E-state index in [-0.39, 0.29) is 52.3 Å². The van der Waals surface area contributed by atoms with Crippen molar-refractivity contribution in [3.05, 3.63) is 123 Å². The minimum atomic E-state index is -1.32. The number of anilines is 2. The molecule has 2 atom stereocenters. The van der Waals surface area contributed by atoms with Crippen LogP contribution in [0.3, 0.4) is 0 Å². The molecule has 370 valence electrons. The van der Waals surface area contributed by atoms with Crippen molar-refractivity contribution in [2.75, 3.05) is 17.2 Å². The number of nitrogens with zero attached hydrogens (tertiary/aromatic N) is 4. The van der Waals surface area contributed by atoms with E-state index in [1.165, 1.54) is 24.5 Å². The van der Waals surface area contributed by atoms with Crippen molar-refractivity contribution in [3.63, 3.8) is 0 Å². The summed E-state index contributed by atoms with van der Waals surface area (Å²) >= 11 is 0. The minimum absolute atomic E-state index is 0.0144. The van der Waals surface area contributed by atoms with Gasteiger partial charge >= 0.3 is 0 Å². The van der Waals surface area contributed by atoms with Crippen LogP contribution in [-0.2, 0) is 23.1 Å². The van der Waals surface area contributed by atoms with Gasteiger partial charge in [0.05, 0.1) is 34.2 Å². The lowest BCUT2D eigenvalue weighted by atomic mass is 9.99. The second-order valence-electron chi connectivity index (χ2n) is 18.3. The molecule has 4 heterocycles. The first-order valence-electron chi connectivity index (χ1n) is 24.3. The first kappa shape index (κ1) is 49.9. The number of rotatable bonds is 20. The third-order valence-corrected chi connectivity index (χ3v) is 13.6.